The number of hydrogen-bond acceptors (Lipinski definition) is 5. The minimum atomic E-state index is -1.13. The molecule has 0 fully saturated rings. The molecule has 6 nitrogen and oxygen atoms in total. The Labute approximate surface area is 101 Å². The van der Waals surface area contributed by atoms with Gasteiger partial charge in [-0.05, 0) is 13.8 Å². The molecule has 0 aliphatic carbocycles. The van der Waals surface area contributed by atoms with Gasteiger partial charge in [0.1, 0.15) is 24.3 Å². The van der Waals surface area contributed by atoms with Crippen LogP contribution in [0.25, 0.3) is 0 Å². The summed E-state index contributed by atoms with van der Waals surface area (Å²) in [6, 6.07) is -0.889. The first kappa shape index (κ1) is 15.3. The Hall–Kier alpha value is -1.74. The van der Waals surface area contributed by atoms with Gasteiger partial charge in [0.2, 0.25) is 5.91 Å². The Bertz CT molecular complexity index is 341. The first-order chi connectivity index (χ1) is 7.85. The van der Waals surface area contributed by atoms with E-state index in [1.807, 2.05) is 0 Å². The third-order valence-electron chi connectivity index (χ3n) is 1.91. The average molecular weight is 242 g/mol. The molecule has 17 heavy (non-hydrogen) atoms. The zero-order chi connectivity index (χ0) is 13.5. The van der Waals surface area contributed by atoms with E-state index in [2.05, 4.69) is 22.1 Å². The van der Waals surface area contributed by atoms with Crippen molar-refractivity contribution in [1.29, 1.82) is 0 Å². The van der Waals surface area contributed by atoms with E-state index in [1.165, 1.54) is 21.0 Å². The van der Waals surface area contributed by atoms with E-state index in [-0.39, 0.29) is 6.61 Å². The van der Waals surface area contributed by atoms with Gasteiger partial charge in [0.15, 0.2) is 0 Å². The van der Waals surface area contributed by atoms with Gasteiger partial charge < -0.3 is 20.5 Å². The Kier molecular flexibility index (Phi) is 6.07. The number of nitrogens with two attached hydrogens (primary N) is 1. The third-order valence-corrected chi connectivity index (χ3v) is 1.91. The van der Waals surface area contributed by atoms with Gasteiger partial charge in [-0.25, -0.2) is 4.79 Å². The molecule has 0 spiro atoms. The molecule has 0 aliphatic rings. The summed E-state index contributed by atoms with van der Waals surface area (Å²) in [5, 5.41) is 2.47. The first-order valence-electron chi connectivity index (χ1n) is 5.04. The second-order valence-electron chi connectivity index (χ2n) is 3.88. The maximum absolute atomic E-state index is 11.6. The highest BCUT2D eigenvalue weighted by molar-refractivity contribution is 5.89. The molecular formula is C11H18N2O4. The minimum Gasteiger partial charge on any atom is -0.467 e. The molecule has 0 aromatic heterocycles. The lowest BCUT2D eigenvalue weighted by atomic mass is 10.1. The van der Waals surface area contributed by atoms with Crippen molar-refractivity contribution in [2.45, 2.75) is 32.4 Å². The van der Waals surface area contributed by atoms with E-state index in [9.17, 15) is 9.59 Å². The number of carbonyl (C=O) groups excluding carboxylic acids is 2. The van der Waals surface area contributed by atoms with E-state index in [0.717, 1.165) is 0 Å². The molecule has 3 N–H and O–H groups in total. The molecule has 0 heterocycles. The number of esters is 1. The van der Waals surface area contributed by atoms with Gasteiger partial charge in [-0.1, -0.05) is 5.92 Å². The molecule has 1 amide bonds. The number of methoxy groups -OCH3 is 1. The van der Waals surface area contributed by atoms with Crippen LogP contribution in [0.4, 0.5) is 0 Å². The van der Waals surface area contributed by atoms with Crippen LogP contribution in [0.2, 0.25) is 0 Å². The molecule has 0 saturated heterocycles. The maximum atomic E-state index is 11.6. The van der Waals surface area contributed by atoms with Crippen LogP contribution in [0.5, 0.6) is 0 Å². The zero-order valence-corrected chi connectivity index (χ0v) is 10.5. The van der Waals surface area contributed by atoms with Gasteiger partial charge in [-0.3, -0.25) is 4.79 Å². The summed E-state index contributed by atoms with van der Waals surface area (Å²) in [4.78, 5) is 22.9. The molecule has 96 valence electrons. The van der Waals surface area contributed by atoms with Gasteiger partial charge in [0, 0.05) is 6.92 Å². The van der Waals surface area contributed by atoms with Crippen LogP contribution in [-0.2, 0) is 19.1 Å². The number of rotatable bonds is 5. The molecule has 0 rings (SSSR count). The van der Waals surface area contributed by atoms with Crippen LogP contribution >= 0.6 is 0 Å². The van der Waals surface area contributed by atoms with E-state index < -0.39 is 23.5 Å². The van der Waals surface area contributed by atoms with Crippen LogP contribution < -0.4 is 11.1 Å². The molecular weight excluding hydrogens is 224 g/mol. The normalized spacial score (nSPS) is 11.8. The summed E-state index contributed by atoms with van der Waals surface area (Å²) in [6.07, 6.45) is 2.33. The van der Waals surface area contributed by atoms with Crippen LogP contribution in [0.1, 0.15) is 20.8 Å². The smallest absolute Gasteiger partial charge is 0.330 e. The molecule has 6 heteroatoms. The summed E-state index contributed by atoms with van der Waals surface area (Å²) < 4.78 is 9.35. The van der Waals surface area contributed by atoms with E-state index in [4.69, 9.17) is 10.5 Å². The number of carbonyl (C=O) groups is 2. The number of hydrogen-bond donors (Lipinski definition) is 2. The molecule has 0 aromatic rings. The SMILES string of the molecule is CC#COC[C@H](N)C(=O)NC(C)(C)C(=O)OC. The molecule has 1 atom stereocenters. The average Bonchev–Trinajstić information content (AvgIpc) is 2.27. The van der Waals surface area contributed by atoms with Crippen molar-refractivity contribution in [2.24, 2.45) is 5.73 Å². The van der Waals surface area contributed by atoms with Crippen LogP contribution in [0.3, 0.4) is 0 Å². The summed E-state index contributed by atoms with van der Waals surface area (Å²) in [5.74, 6) is 1.45. The van der Waals surface area contributed by atoms with Gasteiger partial charge in [-0.2, -0.15) is 0 Å². The molecule has 0 radical (unpaired) electrons. The van der Waals surface area contributed by atoms with Crippen molar-refractivity contribution in [2.75, 3.05) is 13.7 Å². The largest absolute Gasteiger partial charge is 0.467 e. The number of amides is 1. The van der Waals surface area contributed by atoms with Crippen molar-refractivity contribution in [3.8, 4) is 12.0 Å². The molecule has 0 aromatic carbocycles. The van der Waals surface area contributed by atoms with Gasteiger partial charge in [0.25, 0.3) is 0 Å². The van der Waals surface area contributed by atoms with Crippen molar-refractivity contribution in [3.63, 3.8) is 0 Å². The highest BCUT2D eigenvalue weighted by Gasteiger charge is 2.32. The van der Waals surface area contributed by atoms with Gasteiger partial charge in [-0.15, -0.1) is 0 Å². The summed E-state index contributed by atoms with van der Waals surface area (Å²) in [5.41, 5.74) is 4.42. The summed E-state index contributed by atoms with van der Waals surface area (Å²) in [7, 11) is 1.25. The number of ether oxygens (including phenoxy) is 2. The fraction of sp³-hybridized carbons (Fsp3) is 0.636. The van der Waals surface area contributed by atoms with E-state index >= 15 is 0 Å². The predicted molar refractivity (Wildman–Crippen MR) is 61.6 cm³/mol. The Morgan fingerprint density at radius 2 is 2.06 bits per heavy atom. The van der Waals surface area contributed by atoms with E-state index in [0.29, 0.717) is 0 Å². The molecule has 0 aliphatic heterocycles. The third kappa shape index (κ3) is 5.22. The van der Waals surface area contributed by atoms with Crippen LogP contribution in [0, 0.1) is 12.0 Å². The lowest BCUT2D eigenvalue weighted by Crippen LogP contribution is -2.55. The summed E-state index contributed by atoms with van der Waals surface area (Å²) >= 11 is 0. The monoisotopic (exact) mass is 242 g/mol. The van der Waals surface area contributed by atoms with Crippen molar-refractivity contribution >= 4 is 11.9 Å². The van der Waals surface area contributed by atoms with Crippen molar-refractivity contribution < 1.29 is 19.1 Å². The quantitative estimate of drug-likeness (QED) is 0.495. The second kappa shape index (κ2) is 6.76. The van der Waals surface area contributed by atoms with Gasteiger partial charge >= 0.3 is 5.97 Å². The van der Waals surface area contributed by atoms with Crippen LogP contribution in [-0.4, -0.2) is 37.2 Å². The Morgan fingerprint density at radius 1 is 1.47 bits per heavy atom. The van der Waals surface area contributed by atoms with Crippen molar-refractivity contribution in [1.82, 2.24) is 5.32 Å². The Morgan fingerprint density at radius 3 is 2.53 bits per heavy atom. The van der Waals surface area contributed by atoms with Gasteiger partial charge in [0.05, 0.1) is 7.11 Å². The maximum Gasteiger partial charge on any atom is 0.330 e. The van der Waals surface area contributed by atoms with Crippen LogP contribution in [0.15, 0.2) is 0 Å². The first-order valence-corrected chi connectivity index (χ1v) is 5.04. The molecule has 0 bridgehead atoms. The number of nitrogens with one attached hydrogen (secondary N) is 1. The lowest BCUT2D eigenvalue weighted by molar-refractivity contribution is -0.149. The Balaban J connectivity index is 4.31. The standard InChI is InChI=1S/C11H18N2O4/c1-5-6-17-7-8(12)9(14)13-11(2,3)10(15)16-4/h8H,7,12H2,1-4H3,(H,13,14)/t8-/m0/s1. The highest BCUT2D eigenvalue weighted by atomic mass is 16.5. The minimum absolute atomic E-state index is 0.0378. The molecule has 0 unspecified atom stereocenters. The topological polar surface area (TPSA) is 90.6 Å². The fourth-order valence-electron chi connectivity index (χ4n) is 0.986. The lowest BCUT2D eigenvalue weighted by Gasteiger charge is -2.24. The zero-order valence-electron chi connectivity index (χ0n) is 10.5. The fourth-order valence-corrected chi connectivity index (χ4v) is 0.986. The summed E-state index contributed by atoms with van der Waals surface area (Å²) in [6.45, 7) is 4.61. The second-order valence-corrected chi connectivity index (χ2v) is 3.88. The molecule has 0 saturated carbocycles. The van der Waals surface area contributed by atoms with Crippen molar-refractivity contribution in [3.05, 3.63) is 0 Å². The predicted octanol–water partition coefficient (Wildman–Crippen LogP) is -0.621. The highest BCUT2D eigenvalue weighted by Crippen LogP contribution is 2.04. The van der Waals surface area contributed by atoms with E-state index in [1.54, 1.807) is 6.92 Å².